The van der Waals surface area contributed by atoms with E-state index >= 15 is 0 Å². The van der Waals surface area contributed by atoms with E-state index in [1.54, 1.807) is 4.68 Å². The fraction of sp³-hybridized carbons (Fsp3) is 0.733. The number of hydrogen-bond donors (Lipinski definition) is 2. The van der Waals surface area contributed by atoms with Gasteiger partial charge in [-0.3, -0.25) is 9.48 Å². The van der Waals surface area contributed by atoms with Crippen molar-refractivity contribution in [2.45, 2.75) is 67.0 Å². The lowest BCUT2D eigenvalue weighted by Gasteiger charge is -2.33. The summed E-state index contributed by atoms with van der Waals surface area (Å²) < 4.78 is 1.66. The maximum absolute atomic E-state index is 12.2. The van der Waals surface area contributed by atoms with E-state index in [-0.39, 0.29) is 23.4 Å². The van der Waals surface area contributed by atoms with Crippen LogP contribution in [-0.2, 0) is 11.3 Å². The summed E-state index contributed by atoms with van der Waals surface area (Å²) in [7, 11) is 0. The molecule has 0 atom stereocenters. The molecule has 3 N–H and O–H groups in total. The van der Waals surface area contributed by atoms with Crippen molar-refractivity contribution in [1.82, 2.24) is 15.1 Å². The molecule has 0 unspecified atom stereocenters. The predicted octanol–water partition coefficient (Wildman–Crippen LogP) is 2.41. The van der Waals surface area contributed by atoms with Crippen molar-refractivity contribution in [1.29, 1.82) is 0 Å². The maximum Gasteiger partial charge on any atom is 0.242 e. The molecule has 0 bridgehead atoms. The van der Waals surface area contributed by atoms with E-state index in [2.05, 4.69) is 31.2 Å². The second-order valence-corrected chi connectivity index (χ2v) is 7.41. The highest BCUT2D eigenvalue weighted by atomic mass is 16.2. The first-order chi connectivity index (χ1) is 8.91. The van der Waals surface area contributed by atoms with Gasteiger partial charge in [0.15, 0.2) is 0 Å². The van der Waals surface area contributed by atoms with Crippen molar-refractivity contribution in [2.24, 2.45) is 5.41 Å². The van der Waals surface area contributed by atoms with Crippen molar-refractivity contribution >= 4 is 11.6 Å². The Labute approximate surface area is 121 Å². The highest BCUT2D eigenvalue weighted by Crippen LogP contribution is 2.26. The molecule has 0 radical (unpaired) electrons. The SMILES string of the molecule is Cc1nn(CC(=O)NC(C)(C)CC(C)(C)C)c(C)c1N. The molecular formula is C15H28N4O. The Morgan fingerprint density at radius 3 is 2.20 bits per heavy atom. The van der Waals surface area contributed by atoms with E-state index in [0.717, 1.165) is 17.8 Å². The second kappa shape index (κ2) is 5.46. The van der Waals surface area contributed by atoms with Gasteiger partial charge in [-0.2, -0.15) is 5.10 Å². The van der Waals surface area contributed by atoms with Crippen LogP contribution >= 0.6 is 0 Å². The number of aryl methyl sites for hydroxylation is 1. The number of hydrogen-bond acceptors (Lipinski definition) is 3. The number of nitrogens with one attached hydrogen (secondary N) is 1. The molecule has 0 saturated heterocycles. The summed E-state index contributed by atoms with van der Waals surface area (Å²) in [5.74, 6) is -0.0372. The largest absolute Gasteiger partial charge is 0.396 e. The number of carbonyl (C=O) groups is 1. The van der Waals surface area contributed by atoms with Crippen molar-refractivity contribution < 1.29 is 4.79 Å². The number of nitrogen functional groups attached to an aromatic ring is 1. The van der Waals surface area contributed by atoms with Gasteiger partial charge in [-0.25, -0.2) is 0 Å². The van der Waals surface area contributed by atoms with Crippen LogP contribution in [0.2, 0.25) is 0 Å². The van der Waals surface area contributed by atoms with E-state index in [4.69, 9.17) is 5.73 Å². The van der Waals surface area contributed by atoms with Crippen LogP contribution in [0.1, 0.15) is 52.4 Å². The van der Waals surface area contributed by atoms with Crippen LogP contribution in [0.25, 0.3) is 0 Å². The number of aromatic nitrogens is 2. The van der Waals surface area contributed by atoms with Crippen LogP contribution < -0.4 is 11.1 Å². The minimum atomic E-state index is -0.239. The fourth-order valence-corrected chi connectivity index (χ4v) is 2.79. The smallest absolute Gasteiger partial charge is 0.242 e. The zero-order chi connectivity index (χ0) is 15.7. The highest BCUT2D eigenvalue weighted by molar-refractivity contribution is 5.76. The zero-order valence-corrected chi connectivity index (χ0v) is 13.8. The van der Waals surface area contributed by atoms with Crippen LogP contribution in [0.15, 0.2) is 0 Å². The monoisotopic (exact) mass is 280 g/mol. The second-order valence-electron chi connectivity index (χ2n) is 7.41. The van der Waals surface area contributed by atoms with Gasteiger partial charge in [-0.05, 0) is 39.5 Å². The molecule has 0 spiro atoms. The molecule has 0 aromatic carbocycles. The number of nitrogens with zero attached hydrogens (tertiary/aromatic N) is 2. The van der Waals surface area contributed by atoms with Crippen LogP contribution in [-0.4, -0.2) is 21.2 Å². The molecule has 1 rings (SSSR count). The van der Waals surface area contributed by atoms with Gasteiger partial charge < -0.3 is 11.1 Å². The highest BCUT2D eigenvalue weighted by Gasteiger charge is 2.27. The molecule has 0 fully saturated rings. The summed E-state index contributed by atoms with van der Waals surface area (Å²) in [6, 6.07) is 0. The van der Waals surface area contributed by atoms with Crippen LogP contribution in [0.4, 0.5) is 5.69 Å². The van der Waals surface area contributed by atoms with Crippen molar-refractivity contribution in [3.8, 4) is 0 Å². The topological polar surface area (TPSA) is 72.9 Å². The molecule has 1 aromatic rings. The standard InChI is InChI=1S/C15H28N4O/c1-10-13(16)11(2)19(18-10)8-12(20)17-15(6,7)9-14(3,4)5/h8-9,16H2,1-7H3,(H,17,20). The van der Waals surface area contributed by atoms with E-state index in [0.29, 0.717) is 5.69 Å². The Morgan fingerprint density at radius 1 is 1.25 bits per heavy atom. The third-order valence-corrected chi connectivity index (χ3v) is 3.18. The lowest BCUT2D eigenvalue weighted by Crippen LogP contribution is -2.47. The van der Waals surface area contributed by atoms with Crippen molar-refractivity contribution in [2.75, 3.05) is 5.73 Å². The quantitative estimate of drug-likeness (QED) is 0.889. The molecule has 1 aromatic heterocycles. The van der Waals surface area contributed by atoms with Gasteiger partial charge in [0.25, 0.3) is 0 Å². The molecule has 0 aliphatic rings. The minimum Gasteiger partial charge on any atom is -0.396 e. The Kier molecular flexibility index (Phi) is 4.52. The van der Waals surface area contributed by atoms with Gasteiger partial charge in [-0.15, -0.1) is 0 Å². The molecule has 1 heterocycles. The summed E-state index contributed by atoms with van der Waals surface area (Å²) in [4.78, 5) is 12.2. The van der Waals surface area contributed by atoms with Gasteiger partial charge in [0.2, 0.25) is 5.91 Å². The zero-order valence-electron chi connectivity index (χ0n) is 13.8. The summed E-state index contributed by atoms with van der Waals surface area (Å²) in [5.41, 5.74) is 8.07. The average Bonchev–Trinajstić information content (AvgIpc) is 2.41. The molecule has 20 heavy (non-hydrogen) atoms. The van der Waals surface area contributed by atoms with Gasteiger partial charge in [-0.1, -0.05) is 20.8 Å². The van der Waals surface area contributed by atoms with E-state index in [1.165, 1.54) is 0 Å². The first-order valence-electron chi connectivity index (χ1n) is 7.02. The summed E-state index contributed by atoms with van der Waals surface area (Å²) in [6.07, 6.45) is 0.908. The Morgan fingerprint density at radius 2 is 1.80 bits per heavy atom. The molecule has 114 valence electrons. The van der Waals surface area contributed by atoms with Gasteiger partial charge >= 0.3 is 0 Å². The van der Waals surface area contributed by atoms with E-state index < -0.39 is 0 Å². The molecular weight excluding hydrogens is 252 g/mol. The summed E-state index contributed by atoms with van der Waals surface area (Å²) >= 11 is 0. The molecule has 0 aliphatic heterocycles. The first-order valence-corrected chi connectivity index (χ1v) is 7.02. The summed E-state index contributed by atoms with van der Waals surface area (Å²) in [5, 5.41) is 7.36. The number of nitrogens with two attached hydrogens (primary N) is 1. The van der Waals surface area contributed by atoms with E-state index in [1.807, 2.05) is 27.7 Å². The van der Waals surface area contributed by atoms with Crippen LogP contribution in [0, 0.1) is 19.3 Å². The third-order valence-electron chi connectivity index (χ3n) is 3.18. The van der Waals surface area contributed by atoms with E-state index in [9.17, 15) is 4.79 Å². The molecule has 5 nitrogen and oxygen atoms in total. The molecule has 0 saturated carbocycles. The lowest BCUT2D eigenvalue weighted by atomic mass is 9.82. The van der Waals surface area contributed by atoms with Crippen molar-refractivity contribution in [3.05, 3.63) is 11.4 Å². The predicted molar refractivity (Wildman–Crippen MR) is 82.4 cm³/mol. The van der Waals surface area contributed by atoms with Gasteiger partial charge in [0.05, 0.1) is 17.1 Å². The van der Waals surface area contributed by atoms with Crippen LogP contribution in [0.5, 0.6) is 0 Å². The lowest BCUT2D eigenvalue weighted by molar-refractivity contribution is -0.123. The van der Waals surface area contributed by atoms with Crippen molar-refractivity contribution in [3.63, 3.8) is 0 Å². The van der Waals surface area contributed by atoms with Gasteiger partial charge in [0.1, 0.15) is 6.54 Å². The Bertz CT molecular complexity index is 495. The minimum absolute atomic E-state index is 0.0372. The maximum atomic E-state index is 12.2. The number of amides is 1. The normalized spacial score (nSPS) is 12.6. The average molecular weight is 280 g/mol. The van der Waals surface area contributed by atoms with Crippen LogP contribution in [0.3, 0.4) is 0 Å². The first kappa shape index (κ1) is 16.5. The number of anilines is 1. The fourth-order valence-electron chi connectivity index (χ4n) is 2.79. The third kappa shape index (κ3) is 4.54. The molecule has 0 aliphatic carbocycles. The Balaban J connectivity index is 2.70. The summed E-state index contributed by atoms with van der Waals surface area (Å²) in [6.45, 7) is 14.5. The Hall–Kier alpha value is -1.52. The number of carbonyl (C=O) groups excluding carboxylic acids is 1. The molecule has 1 amide bonds. The van der Waals surface area contributed by atoms with Gasteiger partial charge in [0, 0.05) is 5.54 Å². The molecule has 5 heteroatoms. The number of rotatable bonds is 4.